The lowest BCUT2D eigenvalue weighted by Crippen LogP contribution is -2.56. The molecule has 108 valence electrons. The number of likely N-dealkylation sites (tertiary alicyclic amines) is 1. The number of ether oxygens (including phenoxy) is 1. The van der Waals surface area contributed by atoms with Crippen molar-refractivity contribution in [1.82, 2.24) is 9.88 Å². The van der Waals surface area contributed by atoms with Gasteiger partial charge in [0, 0.05) is 11.8 Å². The fraction of sp³-hybridized carbons (Fsp3) is 0.200. The Balaban J connectivity index is 1.58. The highest BCUT2D eigenvalue weighted by molar-refractivity contribution is 6.31. The molecule has 0 saturated carbocycles. The molecule has 1 amide bonds. The van der Waals surface area contributed by atoms with E-state index in [0.29, 0.717) is 29.6 Å². The minimum atomic E-state index is -0.422. The molecule has 2 aromatic rings. The normalized spacial score (nSPS) is 14.7. The molecule has 4 nitrogen and oxygen atoms in total. The number of nitrogens with zero attached hydrogens (tertiary/aromatic N) is 2. The number of hydrogen-bond acceptors (Lipinski definition) is 3. The number of rotatable bonds is 3. The molecule has 0 bridgehead atoms. The van der Waals surface area contributed by atoms with Crippen molar-refractivity contribution in [2.45, 2.75) is 6.10 Å². The van der Waals surface area contributed by atoms with Crippen LogP contribution in [0.25, 0.3) is 0 Å². The summed E-state index contributed by atoms with van der Waals surface area (Å²) >= 11 is 5.95. The first kappa shape index (κ1) is 13.8. The minimum Gasteiger partial charge on any atom is -0.470 e. The molecule has 0 aliphatic carbocycles. The quantitative estimate of drug-likeness (QED) is 0.875. The Morgan fingerprint density at radius 2 is 2.14 bits per heavy atom. The highest BCUT2D eigenvalue weighted by Gasteiger charge is 2.33. The lowest BCUT2D eigenvalue weighted by atomic mass is 10.1. The summed E-state index contributed by atoms with van der Waals surface area (Å²) in [7, 11) is 0. The largest absolute Gasteiger partial charge is 0.470 e. The van der Waals surface area contributed by atoms with Gasteiger partial charge in [0.05, 0.1) is 13.1 Å². The summed E-state index contributed by atoms with van der Waals surface area (Å²) in [6.45, 7) is 0.866. The van der Waals surface area contributed by atoms with Gasteiger partial charge in [0.2, 0.25) is 5.88 Å². The maximum Gasteiger partial charge on any atom is 0.254 e. The van der Waals surface area contributed by atoms with E-state index in [0.717, 1.165) is 0 Å². The Kier molecular flexibility index (Phi) is 3.75. The molecule has 1 saturated heterocycles. The fourth-order valence-corrected chi connectivity index (χ4v) is 2.26. The molecule has 1 aliphatic rings. The SMILES string of the molecule is O=C(c1cccc(F)c1)N1CC(Oc2ncccc2Cl)C1. The molecule has 1 aliphatic heterocycles. The fourth-order valence-electron chi connectivity index (χ4n) is 2.10. The van der Waals surface area contributed by atoms with E-state index in [1.165, 1.54) is 18.2 Å². The molecule has 1 aromatic heterocycles. The molecule has 0 N–H and O–H groups in total. The Hall–Kier alpha value is -2.14. The van der Waals surface area contributed by atoms with Crippen LogP contribution < -0.4 is 4.74 Å². The second-order valence-electron chi connectivity index (χ2n) is 4.75. The number of pyridine rings is 1. The van der Waals surface area contributed by atoms with Gasteiger partial charge in [-0.1, -0.05) is 17.7 Å². The molecule has 1 fully saturated rings. The van der Waals surface area contributed by atoms with Crippen LogP contribution in [0.1, 0.15) is 10.4 Å². The van der Waals surface area contributed by atoms with E-state index in [9.17, 15) is 9.18 Å². The zero-order valence-electron chi connectivity index (χ0n) is 11.0. The molecular formula is C15H12ClFN2O2. The average Bonchev–Trinajstić information content (AvgIpc) is 2.43. The third-order valence-corrected chi connectivity index (χ3v) is 3.50. The Morgan fingerprint density at radius 1 is 1.33 bits per heavy atom. The predicted molar refractivity (Wildman–Crippen MR) is 76.0 cm³/mol. The van der Waals surface area contributed by atoms with Crippen molar-refractivity contribution in [2.75, 3.05) is 13.1 Å². The van der Waals surface area contributed by atoms with Crippen LogP contribution in [0.2, 0.25) is 5.02 Å². The Labute approximate surface area is 126 Å². The van der Waals surface area contributed by atoms with Crippen molar-refractivity contribution in [3.63, 3.8) is 0 Å². The van der Waals surface area contributed by atoms with Crippen molar-refractivity contribution >= 4 is 17.5 Å². The standard InChI is InChI=1S/C15H12ClFN2O2/c16-13-5-2-6-18-14(13)21-12-8-19(9-12)15(20)10-3-1-4-11(17)7-10/h1-7,12H,8-9H2. The number of benzene rings is 1. The van der Waals surface area contributed by atoms with Crippen LogP contribution in [-0.4, -0.2) is 35.0 Å². The predicted octanol–water partition coefficient (Wildman–Crippen LogP) is 2.78. The highest BCUT2D eigenvalue weighted by Crippen LogP contribution is 2.24. The number of amides is 1. The number of carbonyl (C=O) groups is 1. The molecule has 0 atom stereocenters. The van der Waals surface area contributed by atoms with Crippen LogP contribution in [0.5, 0.6) is 5.88 Å². The van der Waals surface area contributed by atoms with Crippen molar-refractivity contribution in [2.24, 2.45) is 0 Å². The maximum atomic E-state index is 13.1. The van der Waals surface area contributed by atoms with E-state index in [1.54, 1.807) is 29.3 Å². The highest BCUT2D eigenvalue weighted by atomic mass is 35.5. The van der Waals surface area contributed by atoms with Crippen molar-refractivity contribution in [3.8, 4) is 5.88 Å². The second kappa shape index (κ2) is 5.69. The first-order valence-corrected chi connectivity index (χ1v) is 6.83. The van der Waals surface area contributed by atoms with Crippen molar-refractivity contribution in [3.05, 3.63) is 59.0 Å². The summed E-state index contributed by atoms with van der Waals surface area (Å²) in [5.74, 6) is -0.266. The number of halogens is 2. The van der Waals surface area contributed by atoms with Crippen molar-refractivity contribution < 1.29 is 13.9 Å². The molecular weight excluding hydrogens is 295 g/mol. The Bertz CT molecular complexity index is 674. The molecule has 0 radical (unpaired) electrons. The van der Waals surface area contributed by atoms with Crippen LogP contribution in [0.3, 0.4) is 0 Å². The van der Waals surface area contributed by atoms with Gasteiger partial charge in [-0.25, -0.2) is 9.37 Å². The van der Waals surface area contributed by atoms with Crippen LogP contribution in [0, 0.1) is 5.82 Å². The zero-order chi connectivity index (χ0) is 14.8. The molecule has 0 unspecified atom stereocenters. The van der Waals surface area contributed by atoms with Gasteiger partial charge < -0.3 is 9.64 Å². The van der Waals surface area contributed by atoms with Gasteiger partial charge in [0.15, 0.2) is 0 Å². The third kappa shape index (κ3) is 2.97. The summed E-state index contributed by atoms with van der Waals surface area (Å²) in [4.78, 5) is 17.7. The lowest BCUT2D eigenvalue weighted by Gasteiger charge is -2.38. The van der Waals surface area contributed by atoms with Gasteiger partial charge in [0.1, 0.15) is 16.9 Å². The van der Waals surface area contributed by atoms with E-state index < -0.39 is 5.82 Å². The van der Waals surface area contributed by atoms with Crippen molar-refractivity contribution in [1.29, 1.82) is 0 Å². The minimum absolute atomic E-state index is 0.144. The first-order chi connectivity index (χ1) is 10.1. The van der Waals surface area contributed by atoms with E-state index in [-0.39, 0.29) is 12.0 Å². The van der Waals surface area contributed by atoms with Crippen LogP contribution >= 0.6 is 11.6 Å². The lowest BCUT2D eigenvalue weighted by molar-refractivity contribution is 0.0160. The van der Waals surface area contributed by atoms with Gasteiger partial charge >= 0.3 is 0 Å². The van der Waals surface area contributed by atoms with E-state index in [4.69, 9.17) is 16.3 Å². The van der Waals surface area contributed by atoms with Crippen LogP contribution in [0.15, 0.2) is 42.6 Å². The molecule has 0 spiro atoms. The molecule has 2 heterocycles. The van der Waals surface area contributed by atoms with E-state index in [1.807, 2.05) is 0 Å². The monoisotopic (exact) mass is 306 g/mol. The Morgan fingerprint density at radius 3 is 2.86 bits per heavy atom. The first-order valence-electron chi connectivity index (χ1n) is 6.45. The van der Waals surface area contributed by atoms with E-state index in [2.05, 4.69) is 4.98 Å². The topological polar surface area (TPSA) is 42.4 Å². The molecule has 21 heavy (non-hydrogen) atoms. The third-order valence-electron chi connectivity index (χ3n) is 3.21. The molecule has 3 rings (SSSR count). The van der Waals surface area contributed by atoms with Gasteiger partial charge in [-0.3, -0.25) is 4.79 Å². The average molecular weight is 307 g/mol. The zero-order valence-corrected chi connectivity index (χ0v) is 11.8. The molecule has 1 aromatic carbocycles. The second-order valence-corrected chi connectivity index (χ2v) is 5.16. The van der Waals surface area contributed by atoms with Crippen LogP contribution in [-0.2, 0) is 0 Å². The van der Waals surface area contributed by atoms with Gasteiger partial charge in [0.25, 0.3) is 5.91 Å². The van der Waals surface area contributed by atoms with Gasteiger partial charge in [-0.05, 0) is 30.3 Å². The summed E-state index contributed by atoms with van der Waals surface area (Å²) in [5, 5.41) is 0.437. The smallest absolute Gasteiger partial charge is 0.254 e. The number of carbonyl (C=O) groups excluding carboxylic acids is 1. The summed E-state index contributed by atoms with van der Waals surface area (Å²) in [6, 6.07) is 9.06. The number of hydrogen-bond donors (Lipinski definition) is 0. The summed E-state index contributed by atoms with van der Waals surface area (Å²) < 4.78 is 18.7. The van der Waals surface area contributed by atoms with Gasteiger partial charge in [-0.15, -0.1) is 0 Å². The van der Waals surface area contributed by atoms with E-state index >= 15 is 0 Å². The molecule has 6 heteroatoms. The summed E-state index contributed by atoms with van der Waals surface area (Å²) in [6.07, 6.45) is 1.45. The van der Waals surface area contributed by atoms with Gasteiger partial charge in [-0.2, -0.15) is 0 Å². The maximum absolute atomic E-state index is 13.1. The summed E-state index contributed by atoms with van der Waals surface area (Å²) in [5.41, 5.74) is 0.337. The van der Waals surface area contributed by atoms with Crippen LogP contribution in [0.4, 0.5) is 4.39 Å². The number of aromatic nitrogens is 1.